The predicted octanol–water partition coefficient (Wildman–Crippen LogP) is -0.0580. The van der Waals surface area contributed by atoms with Crippen molar-refractivity contribution in [2.75, 3.05) is 19.6 Å². The maximum atomic E-state index is 11.9. The normalized spacial score (nSPS) is 15.8. The van der Waals surface area contributed by atoms with E-state index in [-0.39, 0.29) is 24.9 Å². The van der Waals surface area contributed by atoms with E-state index >= 15 is 0 Å². The van der Waals surface area contributed by atoms with E-state index in [2.05, 4.69) is 0 Å². The molecule has 1 fully saturated rings. The lowest BCUT2D eigenvalue weighted by Crippen LogP contribution is -2.54. The van der Waals surface area contributed by atoms with Crippen LogP contribution in [0.15, 0.2) is 30.3 Å². The first-order valence-corrected chi connectivity index (χ1v) is 5.87. The number of rotatable bonds is 4. The molecule has 1 heterocycles. The zero-order chi connectivity index (χ0) is 13.8. The van der Waals surface area contributed by atoms with Crippen molar-refractivity contribution in [1.29, 1.82) is 0 Å². The summed E-state index contributed by atoms with van der Waals surface area (Å²) in [6.45, 7) is -0.297. The first-order chi connectivity index (χ1) is 9.06. The van der Waals surface area contributed by atoms with Crippen molar-refractivity contribution >= 4 is 17.8 Å². The van der Waals surface area contributed by atoms with Crippen molar-refractivity contribution in [1.82, 2.24) is 9.80 Å². The van der Waals surface area contributed by atoms with Gasteiger partial charge in [-0.15, -0.1) is 0 Å². The maximum Gasteiger partial charge on any atom is 0.323 e. The summed E-state index contributed by atoms with van der Waals surface area (Å²) in [5.74, 6) is -1.68. The Labute approximate surface area is 110 Å². The fourth-order valence-electron chi connectivity index (χ4n) is 1.96. The van der Waals surface area contributed by atoms with Crippen LogP contribution in [0.3, 0.4) is 0 Å². The summed E-state index contributed by atoms with van der Waals surface area (Å²) in [4.78, 5) is 36.7. The number of amides is 2. The number of carbonyl (C=O) groups is 3. The van der Waals surface area contributed by atoms with Gasteiger partial charge in [-0.1, -0.05) is 30.3 Å². The summed E-state index contributed by atoms with van der Waals surface area (Å²) in [7, 11) is 0. The molecule has 1 aromatic rings. The number of nitrogens with zero attached hydrogens (tertiary/aromatic N) is 2. The van der Waals surface area contributed by atoms with Crippen LogP contribution in [0.4, 0.5) is 0 Å². The van der Waals surface area contributed by atoms with E-state index in [0.717, 1.165) is 10.5 Å². The average Bonchev–Trinajstić information content (AvgIpc) is 2.36. The lowest BCUT2D eigenvalue weighted by Gasteiger charge is -2.33. The molecule has 0 radical (unpaired) electrons. The van der Waals surface area contributed by atoms with Gasteiger partial charge in [-0.3, -0.25) is 14.4 Å². The lowest BCUT2D eigenvalue weighted by molar-refractivity contribution is -0.154. The Morgan fingerprint density at radius 3 is 2.26 bits per heavy atom. The van der Waals surface area contributed by atoms with Crippen LogP contribution in [0.25, 0.3) is 0 Å². The number of hydrogen-bond donors (Lipinski definition) is 1. The molecule has 1 aliphatic heterocycles. The van der Waals surface area contributed by atoms with E-state index in [1.165, 1.54) is 4.90 Å². The van der Waals surface area contributed by atoms with Crippen LogP contribution in [-0.2, 0) is 20.9 Å². The minimum atomic E-state index is -1.11. The number of hydrogen-bond acceptors (Lipinski definition) is 3. The molecule has 0 unspecified atom stereocenters. The van der Waals surface area contributed by atoms with Crippen molar-refractivity contribution < 1.29 is 19.5 Å². The molecule has 0 atom stereocenters. The zero-order valence-corrected chi connectivity index (χ0v) is 10.3. The Morgan fingerprint density at radius 1 is 1.05 bits per heavy atom. The first-order valence-electron chi connectivity index (χ1n) is 5.87. The third kappa shape index (κ3) is 3.31. The monoisotopic (exact) mass is 262 g/mol. The molecule has 0 bridgehead atoms. The molecule has 0 aromatic heterocycles. The van der Waals surface area contributed by atoms with Crippen LogP contribution in [-0.4, -0.2) is 52.3 Å². The van der Waals surface area contributed by atoms with Gasteiger partial charge in [0.2, 0.25) is 11.8 Å². The Kier molecular flexibility index (Phi) is 3.79. The van der Waals surface area contributed by atoms with Crippen LogP contribution in [0.5, 0.6) is 0 Å². The summed E-state index contributed by atoms with van der Waals surface area (Å²) in [6, 6.07) is 9.36. The maximum absolute atomic E-state index is 11.9. The van der Waals surface area contributed by atoms with Crippen molar-refractivity contribution in [3.63, 3.8) is 0 Å². The van der Waals surface area contributed by atoms with Crippen LogP contribution in [0.2, 0.25) is 0 Å². The number of piperazine rings is 1. The van der Waals surface area contributed by atoms with Gasteiger partial charge in [0.05, 0.1) is 0 Å². The molecular formula is C13H14N2O4. The van der Waals surface area contributed by atoms with Crippen LogP contribution in [0.1, 0.15) is 5.56 Å². The molecule has 1 N–H and O–H groups in total. The summed E-state index contributed by atoms with van der Waals surface area (Å²) in [5, 5.41) is 8.65. The Bertz CT molecular complexity index is 501. The SMILES string of the molecule is O=C(O)CN1CC(=O)N(Cc2ccccc2)CC1=O. The molecule has 1 saturated heterocycles. The molecule has 6 nitrogen and oxygen atoms in total. The molecule has 0 saturated carbocycles. The van der Waals surface area contributed by atoms with Crippen LogP contribution >= 0.6 is 0 Å². The highest BCUT2D eigenvalue weighted by Crippen LogP contribution is 2.10. The number of carboxylic acid groups (broad SMARTS) is 1. The van der Waals surface area contributed by atoms with E-state index in [4.69, 9.17) is 5.11 Å². The van der Waals surface area contributed by atoms with Crippen molar-refractivity contribution in [3.8, 4) is 0 Å². The molecule has 19 heavy (non-hydrogen) atoms. The molecule has 100 valence electrons. The topological polar surface area (TPSA) is 77.9 Å². The van der Waals surface area contributed by atoms with Crippen molar-refractivity contribution in [3.05, 3.63) is 35.9 Å². The summed E-state index contributed by atoms with van der Waals surface area (Å²) >= 11 is 0. The van der Waals surface area contributed by atoms with Crippen LogP contribution in [0, 0.1) is 0 Å². The Morgan fingerprint density at radius 2 is 1.63 bits per heavy atom. The van der Waals surface area contributed by atoms with E-state index < -0.39 is 12.5 Å². The highest BCUT2D eigenvalue weighted by atomic mass is 16.4. The van der Waals surface area contributed by atoms with Gasteiger partial charge in [-0.2, -0.15) is 0 Å². The third-order valence-corrected chi connectivity index (χ3v) is 2.90. The highest BCUT2D eigenvalue weighted by molar-refractivity contribution is 5.94. The number of carboxylic acids is 1. The van der Waals surface area contributed by atoms with Gasteiger partial charge < -0.3 is 14.9 Å². The molecule has 1 aromatic carbocycles. The Hall–Kier alpha value is -2.37. The van der Waals surface area contributed by atoms with Crippen LogP contribution < -0.4 is 0 Å². The molecule has 2 amide bonds. The van der Waals surface area contributed by atoms with Crippen molar-refractivity contribution in [2.24, 2.45) is 0 Å². The van der Waals surface area contributed by atoms with E-state index in [0.29, 0.717) is 6.54 Å². The van der Waals surface area contributed by atoms with Gasteiger partial charge in [0.15, 0.2) is 0 Å². The number of benzene rings is 1. The van der Waals surface area contributed by atoms with E-state index in [9.17, 15) is 14.4 Å². The largest absolute Gasteiger partial charge is 0.480 e. The summed E-state index contributed by atoms with van der Waals surface area (Å²) < 4.78 is 0. The molecule has 0 spiro atoms. The van der Waals surface area contributed by atoms with E-state index in [1.54, 1.807) is 0 Å². The molecular weight excluding hydrogens is 248 g/mol. The fraction of sp³-hybridized carbons (Fsp3) is 0.308. The van der Waals surface area contributed by atoms with Gasteiger partial charge in [0.25, 0.3) is 0 Å². The lowest BCUT2D eigenvalue weighted by atomic mass is 10.2. The second-order valence-corrected chi connectivity index (χ2v) is 4.38. The predicted molar refractivity (Wildman–Crippen MR) is 66.1 cm³/mol. The van der Waals surface area contributed by atoms with E-state index in [1.807, 2.05) is 30.3 Å². The fourth-order valence-corrected chi connectivity index (χ4v) is 1.96. The quantitative estimate of drug-likeness (QED) is 0.824. The van der Waals surface area contributed by atoms with Gasteiger partial charge in [0, 0.05) is 6.54 Å². The number of carbonyl (C=O) groups excluding carboxylic acids is 2. The van der Waals surface area contributed by atoms with Crippen molar-refractivity contribution in [2.45, 2.75) is 6.54 Å². The molecule has 1 aliphatic rings. The smallest absolute Gasteiger partial charge is 0.323 e. The minimum Gasteiger partial charge on any atom is -0.480 e. The zero-order valence-electron chi connectivity index (χ0n) is 10.3. The Balaban J connectivity index is 2.00. The van der Waals surface area contributed by atoms with Gasteiger partial charge in [-0.05, 0) is 5.56 Å². The summed E-state index contributed by atoms with van der Waals surface area (Å²) in [6.07, 6.45) is 0. The minimum absolute atomic E-state index is 0.0684. The second kappa shape index (κ2) is 5.51. The third-order valence-electron chi connectivity index (χ3n) is 2.90. The standard InChI is InChI=1S/C13H14N2O4/c16-11-8-15(9-13(18)19)12(17)7-14(11)6-10-4-2-1-3-5-10/h1-5H,6-9H2,(H,18,19). The average molecular weight is 262 g/mol. The number of aliphatic carboxylic acids is 1. The second-order valence-electron chi connectivity index (χ2n) is 4.38. The molecule has 2 rings (SSSR count). The molecule has 0 aliphatic carbocycles. The summed E-state index contributed by atoms with van der Waals surface area (Å²) in [5.41, 5.74) is 0.940. The molecule has 6 heteroatoms. The highest BCUT2D eigenvalue weighted by Gasteiger charge is 2.30. The van der Waals surface area contributed by atoms with Gasteiger partial charge in [0.1, 0.15) is 19.6 Å². The van der Waals surface area contributed by atoms with Gasteiger partial charge in [-0.25, -0.2) is 0 Å². The first kappa shape index (κ1) is 13.1. The van der Waals surface area contributed by atoms with Gasteiger partial charge >= 0.3 is 5.97 Å².